The Balaban J connectivity index is 2.16. The third-order valence-electron chi connectivity index (χ3n) is 3.42. The number of hydrogen-bond acceptors (Lipinski definition) is 4. The zero-order valence-electron chi connectivity index (χ0n) is 11.5. The third-order valence-corrected chi connectivity index (χ3v) is 3.42. The van der Waals surface area contributed by atoms with Crippen LogP contribution in [-0.2, 0) is 0 Å². The van der Waals surface area contributed by atoms with Gasteiger partial charge >= 0.3 is 0 Å². The molecular weight excluding hydrogens is 287 g/mol. The molecule has 6 heteroatoms. The Kier molecular flexibility index (Phi) is 3.11. The van der Waals surface area contributed by atoms with Gasteiger partial charge in [-0.25, -0.2) is 9.29 Å². The van der Waals surface area contributed by atoms with Gasteiger partial charge in [-0.15, -0.1) is 0 Å². The van der Waals surface area contributed by atoms with E-state index in [0.717, 1.165) is 11.0 Å². The first-order chi connectivity index (χ1) is 10.6. The number of anilines is 1. The smallest absolute Gasteiger partial charge is 0.266 e. The van der Waals surface area contributed by atoms with Gasteiger partial charge in [0, 0.05) is 6.07 Å². The fourth-order valence-electron chi connectivity index (χ4n) is 2.38. The van der Waals surface area contributed by atoms with Crippen molar-refractivity contribution in [2.24, 2.45) is 0 Å². The second-order valence-electron chi connectivity index (χ2n) is 4.61. The topological polar surface area (TPSA) is 70.4 Å². The number of amides is 2. The number of rotatable bonds is 2. The average molecular weight is 296 g/mol. The molecule has 0 saturated carbocycles. The Morgan fingerprint density at radius 1 is 1.14 bits per heavy atom. The summed E-state index contributed by atoms with van der Waals surface area (Å²) in [6.07, 6.45) is 0. The molecule has 0 atom stereocenters. The number of benzene rings is 2. The van der Waals surface area contributed by atoms with Crippen LogP contribution in [0.4, 0.5) is 10.1 Å². The van der Waals surface area contributed by atoms with Crippen molar-refractivity contribution in [2.75, 3.05) is 12.0 Å². The minimum atomic E-state index is -0.841. The Labute approximate surface area is 125 Å². The van der Waals surface area contributed by atoms with Crippen molar-refractivity contribution < 1.29 is 18.7 Å². The summed E-state index contributed by atoms with van der Waals surface area (Å²) in [5.74, 6) is -1.96. The number of fused-ring (bicyclic) bond motifs is 1. The molecule has 0 radical (unpaired) electrons. The van der Waals surface area contributed by atoms with Crippen molar-refractivity contribution >= 4 is 17.5 Å². The maximum atomic E-state index is 14.2. The second kappa shape index (κ2) is 4.97. The summed E-state index contributed by atoms with van der Waals surface area (Å²) in [5, 5.41) is 8.93. The Bertz CT molecular complexity index is 820. The standard InChI is InChI=1S/C16H9FN2O3/c1-22-14-7-13(12(17)6-9(14)8-18)19-15(20)10-4-2-3-5-11(10)16(19)21/h2-7H,1H3. The normalized spacial score (nSPS) is 13.0. The van der Waals surface area contributed by atoms with E-state index in [2.05, 4.69) is 0 Å². The number of carbonyl (C=O) groups is 2. The summed E-state index contributed by atoms with van der Waals surface area (Å²) in [7, 11) is 1.32. The number of imide groups is 1. The van der Waals surface area contributed by atoms with E-state index in [1.54, 1.807) is 18.2 Å². The first kappa shape index (κ1) is 13.8. The van der Waals surface area contributed by atoms with E-state index >= 15 is 0 Å². The molecule has 1 heterocycles. The summed E-state index contributed by atoms with van der Waals surface area (Å²) < 4.78 is 19.2. The molecule has 3 rings (SSSR count). The van der Waals surface area contributed by atoms with E-state index in [-0.39, 0.29) is 28.1 Å². The fourth-order valence-corrected chi connectivity index (χ4v) is 2.38. The molecule has 22 heavy (non-hydrogen) atoms. The van der Waals surface area contributed by atoms with E-state index in [1.807, 2.05) is 0 Å². The van der Waals surface area contributed by atoms with Crippen LogP contribution >= 0.6 is 0 Å². The molecule has 0 bridgehead atoms. The van der Waals surface area contributed by atoms with Gasteiger partial charge in [-0.1, -0.05) is 12.1 Å². The number of hydrogen-bond donors (Lipinski definition) is 0. The van der Waals surface area contributed by atoms with Crippen LogP contribution in [0.2, 0.25) is 0 Å². The summed E-state index contributed by atoms with van der Waals surface area (Å²) in [5.41, 5.74) is 0.188. The van der Waals surface area contributed by atoms with Crippen molar-refractivity contribution in [3.63, 3.8) is 0 Å². The molecule has 0 aliphatic carbocycles. The number of nitrogens with zero attached hydrogens (tertiary/aromatic N) is 2. The quantitative estimate of drug-likeness (QED) is 0.798. The zero-order chi connectivity index (χ0) is 15.9. The van der Waals surface area contributed by atoms with E-state index < -0.39 is 17.6 Å². The molecule has 108 valence electrons. The first-order valence-electron chi connectivity index (χ1n) is 6.34. The summed E-state index contributed by atoms with van der Waals surface area (Å²) >= 11 is 0. The molecule has 0 spiro atoms. The maximum absolute atomic E-state index is 14.2. The van der Waals surface area contributed by atoms with E-state index in [0.29, 0.717) is 0 Å². The van der Waals surface area contributed by atoms with Crippen LogP contribution in [0.5, 0.6) is 5.75 Å². The van der Waals surface area contributed by atoms with Crippen LogP contribution in [0.3, 0.4) is 0 Å². The molecule has 2 amide bonds. The molecule has 2 aromatic carbocycles. The lowest BCUT2D eigenvalue weighted by molar-refractivity contribution is 0.0925. The summed E-state index contributed by atoms with van der Waals surface area (Å²) in [6.45, 7) is 0. The van der Waals surface area contributed by atoms with Crippen LogP contribution in [0.1, 0.15) is 26.3 Å². The number of ether oxygens (including phenoxy) is 1. The van der Waals surface area contributed by atoms with Gasteiger partial charge in [0.2, 0.25) is 0 Å². The highest BCUT2D eigenvalue weighted by molar-refractivity contribution is 6.34. The molecule has 5 nitrogen and oxygen atoms in total. The van der Waals surface area contributed by atoms with Crippen molar-refractivity contribution in [1.29, 1.82) is 5.26 Å². The predicted octanol–water partition coefficient (Wildman–Crippen LogP) is 2.51. The molecule has 1 aliphatic rings. The lowest BCUT2D eigenvalue weighted by Crippen LogP contribution is -2.30. The summed E-state index contributed by atoms with van der Waals surface area (Å²) in [6, 6.07) is 10.2. The van der Waals surface area contributed by atoms with Crippen LogP contribution in [0.15, 0.2) is 36.4 Å². The molecule has 0 fully saturated rings. The maximum Gasteiger partial charge on any atom is 0.266 e. The van der Waals surface area contributed by atoms with Gasteiger partial charge in [0.15, 0.2) is 0 Å². The monoisotopic (exact) mass is 296 g/mol. The fraction of sp³-hybridized carbons (Fsp3) is 0.0625. The zero-order valence-corrected chi connectivity index (χ0v) is 11.5. The van der Waals surface area contributed by atoms with Gasteiger partial charge in [0.25, 0.3) is 11.8 Å². The highest BCUT2D eigenvalue weighted by atomic mass is 19.1. The number of carbonyl (C=O) groups excluding carboxylic acids is 2. The minimum absolute atomic E-state index is 0.0136. The molecular formula is C16H9FN2O3. The molecule has 0 unspecified atom stereocenters. The van der Waals surface area contributed by atoms with Gasteiger partial charge < -0.3 is 4.74 Å². The Morgan fingerprint density at radius 3 is 2.23 bits per heavy atom. The highest BCUT2D eigenvalue weighted by Crippen LogP contribution is 2.34. The van der Waals surface area contributed by atoms with Crippen molar-refractivity contribution in [2.45, 2.75) is 0 Å². The van der Waals surface area contributed by atoms with Crippen LogP contribution < -0.4 is 9.64 Å². The highest BCUT2D eigenvalue weighted by Gasteiger charge is 2.38. The second-order valence-corrected chi connectivity index (χ2v) is 4.61. The first-order valence-corrected chi connectivity index (χ1v) is 6.34. The molecule has 1 aliphatic heterocycles. The van der Waals surface area contributed by atoms with E-state index in [1.165, 1.54) is 25.3 Å². The largest absolute Gasteiger partial charge is 0.495 e. The van der Waals surface area contributed by atoms with E-state index in [9.17, 15) is 14.0 Å². The molecule has 0 aromatic heterocycles. The molecule has 0 N–H and O–H groups in total. The number of nitriles is 1. The SMILES string of the molecule is COc1cc(N2C(=O)c3ccccc3C2=O)c(F)cc1C#N. The Hall–Kier alpha value is -3.20. The van der Waals surface area contributed by atoms with Gasteiger partial charge in [0.05, 0.1) is 29.5 Å². The molecule has 0 saturated heterocycles. The lowest BCUT2D eigenvalue weighted by Gasteiger charge is -2.16. The van der Waals surface area contributed by atoms with Crippen LogP contribution in [0.25, 0.3) is 0 Å². The van der Waals surface area contributed by atoms with Crippen LogP contribution in [0, 0.1) is 17.1 Å². The van der Waals surface area contributed by atoms with Gasteiger partial charge in [-0.05, 0) is 18.2 Å². The van der Waals surface area contributed by atoms with Crippen molar-refractivity contribution in [3.8, 4) is 11.8 Å². The van der Waals surface area contributed by atoms with Gasteiger partial charge in [-0.2, -0.15) is 5.26 Å². The third kappa shape index (κ3) is 1.84. The van der Waals surface area contributed by atoms with Crippen molar-refractivity contribution in [3.05, 3.63) is 58.9 Å². The number of methoxy groups -OCH3 is 1. The van der Waals surface area contributed by atoms with Crippen molar-refractivity contribution in [1.82, 2.24) is 0 Å². The van der Waals surface area contributed by atoms with Crippen LogP contribution in [-0.4, -0.2) is 18.9 Å². The van der Waals surface area contributed by atoms with Gasteiger partial charge in [0.1, 0.15) is 17.6 Å². The Morgan fingerprint density at radius 2 is 1.73 bits per heavy atom. The van der Waals surface area contributed by atoms with E-state index in [4.69, 9.17) is 10.00 Å². The lowest BCUT2D eigenvalue weighted by atomic mass is 10.1. The molecule has 2 aromatic rings. The van der Waals surface area contributed by atoms with Gasteiger partial charge in [-0.3, -0.25) is 9.59 Å². The average Bonchev–Trinajstić information content (AvgIpc) is 2.79. The summed E-state index contributed by atoms with van der Waals surface area (Å²) in [4.78, 5) is 25.4. The predicted molar refractivity (Wildman–Crippen MR) is 75.2 cm³/mol. The minimum Gasteiger partial charge on any atom is -0.495 e. The number of halogens is 1.